The maximum Gasteiger partial charge on any atom is 0.339 e. The molecule has 0 unspecified atom stereocenters. The fourth-order valence-electron chi connectivity index (χ4n) is 1.53. The number of carboxylic acids is 1. The molecule has 6 nitrogen and oxygen atoms in total. The second-order valence-corrected chi connectivity index (χ2v) is 4.25. The highest BCUT2D eigenvalue weighted by molar-refractivity contribution is 6.29. The number of carboxylic acid groups (broad SMARTS) is 1. The van der Waals surface area contributed by atoms with Crippen molar-refractivity contribution in [2.75, 3.05) is 5.32 Å². The minimum absolute atomic E-state index is 0.176. The number of benzene rings is 1. The monoisotopic (exact) mass is 292 g/mol. The molecule has 20 heavy (non-hydrogen) atoms. The molecule has 0 aliphatic heterocycles. The number of hydrogen-bond donors (Lipinski definition) is 3. The third-order valence-electron chi connectivity index (χ3n) is 2.47. The van der Waals surface area contributed by atoms with Crippen LogP contribution < -0.4 is 5.32 Å². The van der Waals surface area contributed by atoms with Gasteiger partial charge in [-0.05, 0) is 30.3 Å². The first-order valence-electron chi connectivity index (χ1n) is 5.46. The molecule has 1 amide bonds. The molecule has 0 bridgehead atoms. The van der Waals surface area contributed by atoms with Gasteiger partial charge in [0.05, 0.1) is 0 Å². The summed E-state index contributed by atoms with van der Waals surface area (Å²) in [5.74, 6) is -2.12. The highest BCUT2D eigenvalue weighted by Crippen LogP contribution is 2.22. The zero-order valence-corrected chi connectivity index (χ0v) is 10.8. The van der Waals surface area contributed by atoms with Crippen LogP contribution in [0.25, 0.3) is 0 Å². The second-order valence-electron chi connectivity index (χ2n) is 3.86. The Bertz CT molecular complexity index is 688. The van der Waals surface area contributed by atoms with Crippen LogP contribution in [0.4, 0.5) is 5.69 Å². The number of aromatic nitrogens is 1. The summed E-state index contributed by atoms with van der Waals surface area (Å²) in [6, 6.07) is 6.61. The van der Waals surface area contributed by atoms with Crippen molar-refractivity contribution in [3.63, 3.8) is 0 Å². The quantitative estimate of drug-likeness (QED) is 0.596. The van der Waals surface area contributed by atoms with Gasteiger partial charge in [0.2, 0.25) is 0 Å². The number of amides is 1. The van der Waals surface area contributed by atoms with Crippen molar-refractivity contribution in [3.05, 3.63) is 52.8 Å². The van der Waals surface area contributed by atoms with E-state index in [4.69, 9.17) is 16.7 Å². The van der Waals surface area contributed by atoms with Gasteiger partial charge in [0.1, 0.15) is 16.5 Å². The topological polar surface area (TPSA) is 99.5 Å². The molecule has 0 saturated carbocycles. The van der Waals surface area contributed by atoms with E-state index in [9.17, 15) is 14.7 Å². The van der Waals surface area contributed by atoms with Gasteiger partial charge in [-0.3, -0.25) is 4.79 Å². The van der Waals surface area contributed by atoms with Crippen molar-refractivity contribution >= 4 is 29.2 Å². The van der Waals surface area contributed by atoms with Crippen LogP contribution in [0.5, 0.6) is 5.75 Å². The zero-order chi connectivity index (χ0) is 14.7. The predicted molar refractivity (Wildman–Crippen MR) is 72.3 cm³/mol. The van der Waals surface area contributed by atoms with Crippen LogP contribution in [-0.4, -0.2) is 27.1 Å². The molecule has 0 saturated heterocycles. The maximum absolute atomic E-state index is 11.9. The van der Waals surface area contributed by atoms with E-state index < -0.39 is 11.9 Å². The van der Waals surface area contributed by atoms with E-state index in [0.717, 1.165) is 0 Å². The third kappa shape index (κ3) is 3.04. The molecule has 0 radical (unpaired) electrons. The van der Waals surface area contributed by atoms with Gasteiger partial charge in [0.15, 0.2) is 0 Å². The average Bonchev–Trinajstić information content (AvgIpc) is 2.40. The van der Waals surface area contributed by atoms with E-state index in [1.807, 2.05) is 0 Å². The number of hydrogen-bond acceptors (Lipinski definition) is 4. The normalized spacial score (nSPS) is 10.1. The number of carbonyl (C=O) groups excluding carboxylic acids is 1. The number of aromatic hydroxyl groups is 1. The molecule has 1 heterocycles. The largest absolute Gasteiger partial charge is 0.507 e. The number of aromatic carboxylic acids is 1. The standard InChI is InChI=1S/C13H9ClN2O4/c14-11-5-7(3-4-15-11)12(18)16-8-1-2-10(17)9(6-8)13(19)20/h1-6,17H,(H,16,18)(H,19,20). The molecule has 0 aliphatic rings. The van der Waals surface area contributed by atoms with Crippen molar-refractivity contribution in [1.82, 2.24) is 4.98 Å². The highest BCUT2D eigenvalue weighted by atomic mass is 35.5. The lowest BCUT2D eigenvalue weighted by atomic mass is 10.1. The molecule has 2 rings (SSSR count). The Labute approximate surface area is 118 Å². The molecule has 1 aromatic carbocycles. The summed E-state index contributed by atoms with van der Waals surface area (Å²) in [5.41, 5.74) is 0.239. The van der Waals surface area contributed by atoms with E-state index in [0.29, 0.717) is 0 Å². The number of anilines is 1. The van der Waals surface area contributed by atoms with Crippen LogP contribution in [-0.2, 0) is 0 Å². The average molecular weight is 293 g/mol. The first-order valence-corrected chi connectivity index (χ1v) is 5.84. The number of phenols is 1. The Morgan fingerprint density at radius 1 is 1.20 bits per heavy atom. The van der Waals surface area contributed by atoms with Gasteiger partial charge in [-0.25, -0.2) is 9.78 Å². The van der Waals surface area contributed by atoms with Gasteiger partial charge in [0, 0.05) is 17.4 Å². The van der Waals surface area contributed by atoms with Crippen LogP contribution >= 0.6 is 11.6 Å². The summed E-state index contributed by atoms with van der Waals surface area (Å²) in [4.78, 5) is 26.6. The van der Waals surface area contributed by atoms with Gasteiger partial charge in [-0.1, -0.05) is 11.6 Å². The van der Waals surface area contributed by atoms with Crippen LogP contribution in [0.15, 0.2) is 36.5 Å². The van der Waals surface area contributed by atoms with Crippen molar-refractivity contribution in [1.29, 1.82) is 0 Å². The van der Waals surface area contributed by atoms with Crippen LogP contribution in [0.2, 0.25) is 5.15 Å². The smallest absolute Gasteiger partial charge is 0.339 e. The minimum atomic E-state index is -1.29. The minimum Gasteiger partial charge on any atom is -0.507 e. The molecule has 102 valence electrons. The third-order valence-corrected chi connectivity index (χ3v) is 2.68. The van der Waals surface area contributed by atoms with Gasteiger partial charge >= 0.3 is 5.97 Å². The number of halogens is 1. The molecule has 0 atom stereocenters. The van der Waals surface area contributed by atoms with E-state index in [-0.39, 0.29) is 27.7 Å². The zero-order valence-electron chi connectivity index (χ0n) is 10.0. The lowest BCUT2D eigenvalue weighted by molar-refractivity contribution is 0.0693. The Morgan fingerprint density at radius 3 is 2.60 bits per heavy atom. The number of carbonyl (C=O) groups is 2. The lowest BCUT2D eigenvalue weighted by Gasteiger charge is -2.07. The molecule has 2 aromatic rings. The van der Waals surface area contributed by atoms with E-state index in [2.05, 4.69) is 10.3 Å². The first kappa shape index (κ1) is 13.8. The SMILES string of the molecule is O=C(Nc1ccc(O)c(C(=O)O)c1)c1ccnc(Cl)c1. The van der Waals surface area contributed by atoms with Crippen molar-refractivity contribution < 1.29 is 19.8 Å². The Hall–Kier alpha value is -2.60. The molecule has 0 aliphatic carbocycles. The lowest BCUT2D eigenvalue weighted by Crippen LogP contribution is -2.12. The Kier molecular flexibility index (Phi) is 3.86. The van der Waals surface area contributed by atoms with Gasteiger partial charge in [-0.15, -0.1) is 0 Å². The van der Waals surface area contributed by atoms with Gasteiger partial charge in [0.25, 0.3) is 5.91 Å². The Morgan fingerprint density at radius 2 is 1.95 bits per heavy atom. The van der Waals surface area contributed by atoms with Crippen LogP contribution in [0.3, 0.4) is 0 Å². The Balaban J connectivity index is 2.24. The summed E-state index contributed by atoms with van der Waals surface area (Å²) in [7, 11) is 0. The van der Waals surface area contributed by atoms with Crippen molar-refractivity contribution in [2.45, 2.75) is 0 Å². The molecule has 0 spiro atoms. The van der Waals surface area contributed by atoms with Crippen LogP contribution in [0, 0.1) is 0 Å². The van der Waals surface area contributed by atoms with E-state index in [1.54, 1.807) is 0 Å². The highest BCUT2D eigenvalue weighted by Gasteiger charge is 2.12. The number of pyridine rings is 1. The van der Waals surface area contributed by atoms with Crippen molar-refractivity contribution in [2.24, 2.45) is 0 Å². The molecular formula is C13H9ClN2O4. The summed E-state index contributed by atoms with van der Waals surface area (Å²) in [6.07, 6.45) is 1.39. The van der Waals surface area contributed by atoms with Crippen LogP contribution in [0.1, 0.15) is 20.7 Å². The van der Waals surface area contributed by atoms with Gasteiger partial charge < -0.3 is 15.5 Å². The second kappa shape index (κ2) is 5.58. The molecule has 0 fully saturated rings. The maximum atomic E-state index is 11.9. The number of rotatable bonds is 3. The predicted octanol–water partition coefficient (Wildman–Crippen LogP) is 2.39. The summed E-state index contributed by atoms with van der Waals surface area (Å²) >= 11 is 5.68. The summed E-state index contributed by atoms with van der Waals surface area (Å²) in [5, 5.41) is 20.9. The molecular weight excluding hydrogens is 284 g/mol. The summed E-state index contributed by atoms with van der Waals surface area (Å²) < 4.78 is 0. The summed E-state index contributed by atoms with van der Waals surface area (Å²) in [6.45, 7) is 0. The van der Waals surface area contributed by atoms with Gasteiger partial charge in [-0.2, -0.15) is 0 Å². The van der Waals surface area contributed by atoms with E-state index >= 15 is 0 Å². The first-order chi connectivity index (χ1) is 9.47. The fourth-order valence-corrected chi connectivity index (χ4v) is 1.71. The number of nitrogens with one attached hydrogen (secondary N) is 1. The molecule has 3 N–H and O–H groups in total. The number of nitrogens with zero attached hydrogens (tertiary/aromatic N) is 1. The fraction of sp³-hybridized carbons (Fsp3) is 0. The van der Waals surface area contributed by atoms with E-state index in [1.165, 1.54) is 36.5 Å². The molecule has 7 heteroatoms. The van der Waals surface area contributed by atoms with Crippen molar-refractivity contribution in [3.8, 4) is 5.75 Å². The molecule has 1 aromatic heterocycles.